The zero-order chi connectivity index (χ0) is 15.4. The van der Waals surface area contributed by atoms with Gasteiger partial charge in [-0.05, 0) is 36.2 Å². The van der Waals surface area contributed by atoms with Crippen LogP contribution in [0.5, 0.6) is 0 Å². The number of hydrogen-bond acceptors (Lipinski definition) is 4. The first-order chi connectivity index (χ1) is 10.7. The fraction of sp³-hybridized carbons (Fsp3) is 0.176. The molecule has 0 saturated carbocycles. The molecule has 0 amide bonds. The smallest absolute Gasteiger partial charge is 0.188 e. The maximum absolute atomic E-state index is 6.04. The van der Waals surface area contributed by atoms with Gasteiger partial charge in [-0.2, -0.15) is 0 Å². The first-order valence-corrected chi connectivity index (χ1v) is 8.34. The molecule has 0 radical (unpaired) electrons. The predicted molar refractivity (Wildman–Crippen MR) is 93.2 cm³/mol. The number of anilines is 2. The summed E-state index contributed by atoms with van der Waals surface area (Å²) in [5.41, 5.74) is 2.32. The summed E-state index contributed by atoms with van der Waals surface area (Å²) in [5, 5.41) is 6.97. The molecule has 5 heteroatoms. The van der Waals surface area contributed by atoms with Crippen molar-refractivity contribution < 1.29 is 0 Å². The lowest BCUT2D eigenvalue weighted by molar-refractivity contribution is 0.738. The van der Waals surface area contributed by atoms with E-state index in [1.165, 1.54) is 5.56 Å². The monoisotopic (exact) mass is 329 g/mol. The van der Waals surface area contributed by atoms with Crippen molar-refractivity contribution in [2.24, 2.45) is 0 Å². The summed E-state index contributed by atoms with van der Waals surface area (Å²) < 4.78 is 0. The van der Waals surface area contributed by atoms with E-state index in [9.17, 15) is 0 Å². The van der Waals surface area contributed by atoms with Crippen LogP contribution in [0.15, 0.2) is 54.0 Å². The van der Waals surface area contributed by atoms with E-state index in [4.69, 9.17) is 11.6 Å². The Morgan fingerprint density at radius 2 is 2.14 bits per heavy atom. The van der Waals surface area contributed by atoms with Gasteiger partial charge in [-0.25, -0.2) is 9.97 Å². The zero-order valence-corrected chi connectivity index (χ0v) is 13.7. The average molecular weight is 330 g/mol. The SMILES string of the molecule is CC(Cc1cccc(Cl)c1)c1csc(Nc2ccccn2)n1. The summed E-state index contributed by atoms with van der Waals surface area (Å²) in [6.07, 6.45) is 2.69. The van der Waals surface area contributed by atoms with E-state index in [0.29, 0.717) is 5.92 Å². The largest absolute Gasteiger partial charge is 0.316 e. The van der Waals surface area contributed by atoms with Gasteiger partial charge in [0, 0.05) is 22.5 Å². The van der Waals surface area contributed by atoms with Crippen molar-refractivity contribution in [3.8, 4) is 0 Å². The minimum Gasteiger partial charge on any atom is -0.316 e. The highest BCUT2D eigenvalue weighted by atomic mass is 35.5. The molecule has 0 bridgehead atoms. The van der Waals surface area contributed by atoms with E-state index in [-0.39, 0.29) is 0 Å². The Morgan fingerprint density at radius 1 is 1.23 bits per heavy atom. The average Bonchev–Trinajstić information content (AvgIpc) is 2.97. The number of nitrogens with zero attached hydrogens (tertiary/aromatic N) is 2. The van der Waals surface area contributed by atoms with Crippen LogP contribution in [0, 0.1) is 0 Å². The molecule has 3 nitrogen and oxygen atoms in total. The third kappa shape index (κ3) is 3.84. The van der Waals surface area contributed by atoms with E-state index in [0.717, 1.165) is 28.1 Å². The van der Waals surface area contributed by atoms with E-state index < -0.39 is 0 Å². The summed E-state index contributed by atoms with van der Waals surface area (Å²) >= 11 is 7.64. The van der Waals surface area contributed by atoms with Gasteiger partial charge in [0.1, 0.15) is 5.82 Å². The molecule has 1 N–H and O–H groups in total. The molecule has 1 aromatic carbocycles. The number of nitrogens with one attached hydrogen (secondary N) is 1. The number of benzene rings is 1. The maximum atomic E-state index is 6.04. The summed E-state index contributed by atoms with van der Waals surface area (Å²) in [4.78, 5) is 8.90. The molecule has 0 aliphatic carbocycles. The van der Waals surface area contributed by atoms with Crippen LogP contribution >= 0.6 is 22.9 Å². The van der Waals surface area contributed by atoms with Crippen molar-refractivity contribution in [2.75, 3.05) is 5.32 Å². The van der Waals surface area contributed by atoms with Crippen LogP contribution in [0.4, 0.5) is 10.9 Å². The quantitative estimate of drug-likeness (QED) is 0.692. The second-order valence-electron chi connectivity index (χ2n) is 5.15. The number of rotatable bonds is 5. The van der Waals surface area contributed by atoms with Gasteiger partial charge >= 0.3 is 0 Å². The van der Waals surface area contributed by atoms with Crippen LogP contribution < -0.4 is 5.32 Å². The standard InChI is InChI=1S/C17H16ClN3S/c1-12(9-13-5-4-6-14(18)10-13)15-11-22-17(20-15)21-16-7-2-3-8-19-16/h2-8,10-12H,9H2,1H3,(H,19,20,21). The second kappa shape index (κ2) is 6.90. The molecule has 0 fully saturated rings. The molecule has 3 aromatic rings. The molecule has 1 atom stereocenters. The van der Waals surface area contributed by atoms with E-state index >= 15 is 0 Å². The number of hydrogen-bond donors (Lipinski definition) is 1. The third-order valence-electron chi connectivity index (χ3n) is 3.36. The van der Waals surface area contributed by atoms with Crippen LogP contribution in [-0.4, -0.2) is 9.97 Å². The Labute approximate surface area is 139 Å². The molecule has 0 aliphatic rings. The summed E-state index contributed by atoms with van der Waals surface area (Å²) in [7, 11) is 0. The van der Waals surface area contributed by atoms with Crippen molar-refractivity contribution in [2.45, 2.75) is 19.3 Å². The predicted octanol–water partition coefficient (Wildman–Crippen LogP) is 5.28. The van der Waals surface area contributed by atoms with Crippen molar-refractivity contribution >= 4 is 33.9 Å². The van der Waals surface area contributed by atoms with E-state index in [2.05, 4.69) is 33.7 Å². The number of thiazole rings is 1. The van der Waals surface area contributed by atoms with Gasteiger partial charge in [0.05, 0.1) is 5.69 Å². The van der Waals surface area contributed by atoms with Gasteiger partial charge in [0.2, 0.25) is 0 Å². The first-order valence-electron chi connectivity index (χ1n) is 7.08. The first kappa shape index (κ1) is 15.0. The Morgan fingerprint density at radius 3 is 2.91 bits per heavy atom. The summed E-state index contributed by atoms with van der Waals surface area (Å²) in [6, 6.07) is 13.8. The Kier molecular flexibility index (Phi) is 4.71. The second-order valence-corrected chi connectivity index (χ2v) is 6.45. The van der Waals surface area contributed by atoms with Gasteiger partial charge in [-0.15, -0.1) is 11.3 Å². The van der Waals surface area contributed by atoms with Crippen LogP contribution in [0.3, 0.4) is 0 Å². The van der Waals surface area contributed by atoms with Gasteiger partial charge in [0.25, 0.3) is 0 Å². The molecule has 112 valence electrons. The minimum atomic E-state index is 0.342. The zero-order valence-electron chi connectivity index (χ0n) is 12.2. The lowest BCUT2D eigenvalue weighted by Crippen LogP contribution is -1.99. The summed E-state index contributed by atoms with van der Waals surface area (Å²) in [5.74, 6) is 1.15. The Balaban J connectivity index is 1.68. The normalized spacial score (nSPS) is 12.1. The third-order valence-corrected chi connectivity index (χ3v) is 4.37. The van der Waals surface area contributed by atoms with Crippen molar-refractivity contribution in [3.05, 3.63) is 70.3 Å². The molecule has 1 unspecified atom stereocenters. The van der Waals surface area contributed by atoms with Gasteiger partial charge in [-0.1, -0.05) is 36.7 Å². The highest BCUT2D eigenvalue weighted by Crippen LogP contribution is 2.27. The summed E-state index contributed by atoms with van der Waals surface area (Å²) in [6.45, 7) is 2.18. The highest BCUT2D eigenvalue weighted by molar-refractivity contribution is 7.13. The maximum Gasteiger partial charge on any atom is 0.188 e. The fourth-order valence-electron chi connectivity index (χ4n) is 2.24. The van der Waals surface area contributed by atoms with Crippen molar-refractivity contribution in [3.63, 3.8) is 0 Å². The number of halogens is 1. The van der Waals surface area contributed by atoms with E-state index in [1.807, 2.05) is 36.4 Å². The van der Waals surface area contributed by atoms with Crippen LogP contribution in [0.25, 0.3) is 0 Å². The molecule has 0 spiro atoms. The van der Waals surface area contributed by atoms with Gasteiger partial charge in [-0.3, -0.25) is 0 Å². The molecule has 3 rings (SSSR count). The minimum absolute atomic E-state index is 0.342. The molecule has 0 saturated heterocycles. The van der Waals surface area contributed by atoms with Crippen molar-refractivity contribution in [1.82, 2.24) is 9.97 Å². The molecule has 2 heterocycles. The van der Waals surface area contributed by atoms with Gasteiger partial charge < -0.3 is 5.32 Å². The van der Waals surface area contributed by atoms with E-state index in [1.54, 1.807) is 17.5 Å². The number of aromatic nitrogens is 2. The molecule has 0 aliphatic heterocycles. The molecular formula is C17H16ClN3S. The van der Waals surface area contributed by atoms with Gasteiger partial charge in [0.15, 0.2) is 5.13 Å². The van der Waals surface area contributed by atoms with Crippen LogP contribution in [0.2, 0.25) is 5.02 Å². The molecular weight excluding hydrogens is 314 g/mol. The Bertz CT molecular complexity index is 742. The number of pyridine rings is 1. The Hall–Kier alpha value is -1.91. The van der Waals surface area contributed by atoms with Crippen LogP contribution in [-0.2, 0) is 6.42 Å². The molecule has 22 heavy (non-hydrogen) atoms. The topological polar surface area (TPSA) is 37.8 Å². The molecule has 2 aromatic heterocycles. The lowest BCUT2D eigenvalue weighted by Gasteiger charge is -2.09. The van der Waals surface area contributed by atoms with Crippen molar-refractivity contribution in [1.29, 1.82) is 0 Å². The highest BCUT2D eigenvalue weighted by Gasteiger charge is 2.11. The lowest BCUT2D eigenvalue weighted by atomic mass is 9.99. The fourth-order valence-corrected chi connectivity index (χ4v) is 3.29. The van der Waals surface area contributed by atoms with Crippen LogP contribution in [0.1, 0.15) is 24.1 Å².